The summed E-state index contributed by atoms with van der Waals surface area (Å²) in [7, 11) is 0. The zero-order valence-corrected chi connectivity index (χ0v) is 11.0. The highest BCUT2D eigenvalue weighted by Gasteiger charge is 2.15. The predicted octanol–water partition coefficient (Wildman–Crippen LogP) is 3.80. The van der Waals surface area contributed by atoms with Gasteiger partial charge in [0.15, 0.2) is 0 Å². The molecule has 0 saturated carbocycles. The number of halogens is 1. The van der Waals surface area contributed by atoms with E-state index in [9.17, 15) is 4.39 Å². The monoisotopic (exact) mass is 243 g/mol. The summed E-state index contributed by atoms with van der Waals surface area (Å²) in [5.74, 6) is -0.234. The average Bonchev–Trinajstić information content (AvgIpc) is 2.28. The Hall–Kier alpha value is -1.67. The van der Waals surface area contributed by atoms with Gasteiger partial charge in [0.05, 0.1) is 6.04 Å². The zero-order valence-electron chi connectivity index (χ0n) is 11.0. The summed E-state index contributed by atoms with van der Waals surface area (Å²) in [4.78, 5) is 0. The fraction of sp³-hybridized carbons (Fsp3) is 0.250. The van der Waals surface area contributed by atoms with Crippen LogP contribution in [0.1, 0.15) is 33.9 Å². The minimum Gasteiger partial charge on any atom is -0.320 e. The van der Waals surface area contributed by atoms with E-state index >= 15 is 0 Å². The van der Waals surface area contributed by atoms with Crippen molar-refractivity contribution in [1.82, 2.24) is 0 Å². The van der Waals surface area contributed by atoms with E-state index in [1.54, 1.807) is 6.07 Å². The minimum atomic E-state index is -0.411. The van der Waals surface area contributed by atoms with Crippen LogP contribution in [0.25, 0.3) is 0 Å². The van der Waals surface area contributed by atoms with Crippen LogP contribution in [0.15, 0.2) is 36.4 Å². The third-order valence-corrected chi connectivity index (χ3v) is 3.25. The van der Waals surface area contributed by atoms with Crippen molar-refractivity contribution in [2.24, 2.45) is 5.73 Å². The molecule has 94 valence electrons. The van der Waals surface area contributed by atoms with Gasteiger partial charge >= 0.3 is 0 Å². The van der Waals surface area contributed by atoms with Crippen molar-refractivity contribution >= 4 is 0 Å². The van der Waals surface area contributed by atoms with Crippen LogP contribution >= 0.6 is 0 Å². The van der Waals surface area contributed by atoms with Crippen molar-refractivity contribution in [2.75, 3.05) is 0 Å². The number of nitrogens with two attached hydrogens (primary N) is 1. The lowest BCUT2D eigenvalue weighted by molar-refractivity contribution is 0.598. The Morgan fingerprint density at radius 1 is 0.889 bits per heavy atom. The van der Waals surface area contributed by atoms with E-state index in [-0.39, 0.29) is 5.82 Å². The first kappa shape index (κ1) is 12.8. The van der Waals surface area contributed by atoms with Gasteiger partial charge < -0.3 is 5.73 Å². The molecule has 2 aromatic carbocycles. The Morgan fingerprint density at radius 3 is 2.00 bits per heavy atom. The molecule has 0 aliphatic carbocycles. The summed E-state index contributed by atoms with van der Waals surface area (Å²) in [6.45, 7) is 5.92. The minimum absolute atomic E-state index is 0.234. The molecule has 0 aliphatic heterocycles. The predicted molar refractivity (Wildman–Crippen MR) is 73.1 cm³/mol. The van der Waals surface area contributed by atoms with Crippen molar-refractivity contribution in [3.8, 4) is 0 Å². The van der Waals surface area contributed by atoms with Crippen LogP contribution in [0.3, 0.4) is 0 Å². The van der Waals surface area contributed by atoms with Gasteiger partial charge in [-0.1, -0.05) is 35.9 Å². The quantitative estimate of drug-likeness (QED) is 0.853. The Labute approximate surface area is 107 Å². The van der Waals surface area contributed by atoms with Crippen molar-refractivity contribution in [3.63, 3.8) is 0 Å². The summed E-state index contributed by atoms with van der Waals surface area (Å²) in [6, 6.07) is 10.8. The second-order valence-electron chi connectivity index (χ2n) is 4.86. The van der Waals surface area contributed by atoms with Gasteiger partial charge in [-0.2, -0.15) is 0 Å². The second-order valence-corrected chi connectivity index (χ2v) is 4.86. The molecular formula is C16H18FN. The van der Waals surface area contributed by atoms with Crippen LogP contribution < -0.4 is 5.73 Å². The molecule has 2 aromatic rings. The number of rotatable bonds is 2. The standard InChI is InChI=1S/C16H18FN/c1-10-4-6-13(12(3)8-10)16(18)14-7-5-11(2)9-15(14)17/h4-9,16H,18H2,1-3H3. The van der Waals surface area contributed by atoms with Gasteiger partial charge in [-0.05, 0) is 43.5 Å². The summed E-state index contributed by atoms with van der Waals surface area (Å²) < 4.78 is 13.9. The van der Waals surface area contributed by atoms with Gasteiger partial charge in [-0.25, -0.2) is 4.39 Å². The lowest BCUT2D eigenvalue weighted by Gasteiger charge is -2.16. The van der Waals surface area contributed by atoms with Crippen molar-refractivity contribution < 1.29 is 4.39 Å². The highest BCUT2D eigenvalue weighted by atomic mass is 19.1. The first-order chi connectivity index (χ1) is 8.49. The lowest BCUT2D eigenvalue weighted by atomic mass is 9.94. The molecule has 0 spiro atoms. The van der Waals surface area contributed by atoms with Crippen LogP contribution in [-0.4, -0.2) is 0 Å². The topological polar surface area (TPSA) is 26.0 Å². The van der Waals surface area contributed by atoms with Gasteiger partial charge in [-0.15, -0.1) is 0 Å². The van der Waals surface area contributed by atoms with Crippen molar-refractivity contribution in [3.05, 3.63) is 70.0 Å². The number of hydrogen-bond donors (Lipinski definition) is 1. The van der Waals surface area contributed by atoms with E-state index in [1.165, 1.54) is 11.6 Å². The van der Waals surface area contributed by atoms with E-state index in [1.807, 2.05) is 39.0 Å². The summed E-state index contributed by atoms with van der Waals surface area (Å²) in [5, 5.41) is 0. The highest BCUT2D eigenvalue weighted by Crippen LogP contribution is 2.25. The molecule has 0 aromatic heterocycles. The first-order valence-electron chi connectivity index (χ1n) is 6.08. The molecule has 1 unspecified atom stereocenters. The zero-order chi connectivity index (χ0) is 13.3. The molecule has 1 atom stereocenters. The molecule has 2 heteroatoms. The number of hydrogen-bond acceptors (Lipinski definition) is 1. The number of aryl methyl sites for hydroxylation is 3. The SMILES string of the molecule is Cc1ccc(C(N)c2ccc(C)cc2F)c(C)c1. The van der Waals surface area contributed by atoms with Gasteiger partial charge in [-0.3, -0.25) is 0 Å². The van der Waals surface area contributed by atoms with Crippen LogP contribution in [0.2, 0.25) is 0 Å². The molecule has 2 N–H and O–H groups in total. The molecule has 0 radical (unpaired) electrons. The van der Waals surface area contributed by atoms with Gasteiger partial charge in [0.2, 0.25) is 0 Å². The molecule has 1 nitrogen and oxygen atoms in total. The molecule has 0 fully saturated rings. The Bertz CT molecular complexity index is 524. The lowest BCUT2D eigenvalue weighted by Crippen LogP contribution is -2.15. The van der Waals surface area contributed by atoms with E-state index in [4.69, 9.17) is 5.73 Å². The normalized spacial score (nSPS) is 12.5. The van der Waals surface area contributed by atoms with Crippen molar-refractivity contribution in [2.45, 2.75) is 26.8 Å². The maximum atomic E-state index is 13.9. The maximum absolute atomic E-state index is 13.9. The smallest absolute Gasteiger partial charge is 0.128 e. The van der Waals surface area contributed by atoms with Crippen molar-refractivity contribution in [1.29, 1.82) is 0 Å². The van der Waals surface area contributed by atoms with E-state index in [0.717, 1.165) is 16.7 Å². The molecule has 0 saturated heterocycles. The van der Waals surface area contributed by atoms with E-state index in [0.29, 0.717) is 5.56 Å². The third kappa shape index (κ3) is 2.44. The molecule has 2 rings (SSSR count). The fourth-order valence-electron chi connectivity index (χ4n) is 2.23. The largest absolute Gasteiger partial charge is 0.320 e. The van der Waals surface area contributed by atoms with E-state index < -0.39 is 6.04 Å². The Balaban J connectivity index is 2.44. The van der Waals surface area contributed by atoms with Gasteiger partial charge in [0.25, 0.3) is 0 Å². The average molecular weight is 243 g/mol. The number of benzene rings is 2. The van der Waals surface area contributed by atoms with Crippen LogP contribution in [-0.2, 0) is 0 Å². The maximum Gasteiger partial charge on any atom is 0.128 e. The molecule has 0 heterocycles. The molecule has 18 heavy (non-hydrogen) atoms. The highest BCUT2D eigenvalue weighted by molar-refractivity contribution is 5.39. The summed E-state index contributed by atoms with van der Waals surface area (Å²) in [5.41, 5.74) is 10.9. The van der Waals surface area contributed by atoms with Crippen LogP contribution in [0, 0.1) is 26.6 Å². The Morgan fingerprint density at radius 2 is 1.44 bits per heavy atom. The van der Waals surface area contributed by atoms with Gasteiger partial charge in [0.1, 0.15) is 5.82 Å². The van der Waals surface area contributed by atoms with E-state index in [2.05, 4.69) is 6.07 Å². The van der Waals surface area contributed by atoms with Crippen LogP contribution in [0.5, 0.6) is 0 Å². The Kier molecular flexibility index (Phi) is 3.48. The summed E-state index contributed by atoms with van der Waals surface area (Å²) in [6.07, 6.45) is 0. The second kappa shape index (κ2) is 4.91. The fourth-order valence-corrected chi connectivity index (χ4v) is 2.23. The molecular weight excluding hydrogens is 225 g/mol. The third-order valence-electron chi connectivity index (χ3n) is 3.25. The molecule has 0 bridgehead atoms. The first-order valence-corrected chi connectivity index (χ1v) is 6.08. The van der Waals surface area contributed by atoms with Gasteiger partial charge in [0, 0.05) is 5.56 Å². The van der Waals surface area contributed by atoms with Crippen LogP contribution in [0.4, 0.5) is 4.39 Å². The molecule has 0 aliphatic rings. The molecule has 0 amide bonds. The summed E-state index contributed by atoms with van der Waals surface area (Å²) >= 11 is 0.